The Kier molecular flexibility index (Phi) is 5.26. The van der Waals surface area contributed by atoms with E-state index in [4.69, 9.17) is 9.72 Å². The zero-order valence-electron chi connectivity index (χ0n) is 19.6. The minimum atomic E-state index is -0.180. The van der Waals surface area contributed by atoms with Crippen LogP contribution >= 0.6 is 0 Å². The third kappa shape index (κ3) is 3.93. The first-order valence-electron chi connectivity index (χ1n) is 11.7. The van der Waals surface area contributed by atoms with Gasteiger partial charge in [0.05, 0.1) is 35.6 Å². The number of rotatable bonds is 7. The van der Waals surface area contributed by atoms with Gasteiger partial charge in [0, 0.05) is 37.3 Å². The molecule has 0 spiro atoms. The summed E-state index contributed by atoms with van der Waals surface area (Å²) in [7, 11) is 1.68. The Labute approximate surface area is 201 Å². The molecule has 5 aromatic rings. The molecule has 1 aromatic carbocycles. The third-order valence-electron chi connectivity index (χ3n) is 6.40. The van der Waals surface area contributed by atoms with Crippen molar-refractivity contribution in [1.29, 1.82) is 0 Å². The van der Waals surface area contributed by atoms with Crippen molar-refractivity contribution in [3.8, 4) is 23.0 Å². The molecule has 0 radical (unpaired) electrons. The molecule has 9 nitrogen and oxygen atoms in total. The number of benzene rings is 1. The van der Waals surface area contributed by atoms with Crippen LogP contribution in [-0.2, 0) is 4.74 Å². The summed E-state index contributed by atoms with van der Waals surface area (Å²) in [6, 6.07) is 11.3. The summed E-state index contributed by atoms with van der Waals surface area (Å²) in [5, 5.41) is 0.522. The molecule has 0 amide bonds. The first-order valence-corrected chi connectivity index (χ1v) is 11.7. The molecule has 1 aliphatic carbocycles. The highest BCUT2D eigenvalue weighted by molar-refractivity contribution is 5.80. The molecule has 1 aliphatic rings. The molecule has 0 aliphatic heterocycles. The Balaban J connectivity index is 1.39. The minimum absolute atomic E-state index is 0.0926. The van der Waals surface area contributed by atoms with Crippen LogP contribution < -0.4 is 5.56 Å². The van der Waals surface area contributed by atoms with Crippen molar-refractivity contribution in [3.05, 3.63) is 83.7 Å². The highest BCUT2D eigenvalue weighted by Crippen LogP contribution is 2.39. The average Bonchev–Trinajstić information content (AvgIpc) is 3.40. The lowest BCUT2D eigenvalue weighted by Crippen LogP contribution is -2.20. The van der Waals surface area contributed by atoms with E-state index < -0.39 is 0 Å². The Hall–Kier alpha value is -4.11. The number of hydrogen-bond donors (Lipinski definition) is 0. The molecule has 4 heterocycles. The molecule has 0 N–H and O–H groups in total. The molecular weight excluding hydrogens is 442 g/mol. The van der Waals surface area contributed by atoms with Gasteiger partial charge in [-0.25, -0.2) is 19.9 Å². The van der Waals surface area contributed by atoms with Gasteiger partial charge < -0.3 is 13.9 Å². The summed E-state index contributed by atoms with van der Waals surface area (Å²) < 4.78 is 10.8. The van der Waals surface area contributed by atoms with Gasteiger partial charge in [-0.2, -0.15) is 0 Å². The van der Waals surface area contributed by atoms with Crippen molar-refractivity contribution in [2.24, 2.45) is 0 Å². The van der Waals surface area contributed by atoms with Crippen LogP contribution in [0.4, 0.5) is 0 Å². The number of ether oxygens (including phenoxy) is 1. The first kappa shape index (κ1) is 21.4. The zero-order chi connectivity index (χ0) is 23.9. The van der Waals surface area contributed by atoms with Crippen molar-refractivity contribution in [2.75, 3.05) is 13.7 Å². The Bertz CT molecular complexity index is 1580. The molecular formula is C26H25N7O2. The van der Waals surface area contributed by atoms with Crippen molar-refractivity contribution in [1.82, 2.24) is 33.6 Å². The second-order valence-corrected chi connectivity index (χ2v) is 8.94. The maximum atomic E-state index is 13.5. The summed E-state index contributed by atoms with van der Waals surface area (Å²) in [5.41, 5.74) is 3.11. The van der Waals surface area contributed by atoms with E-state index in [1.54, 1.807) is 25.7 Å². The molecule has 6 rings (SSSR count). The van der Waals surface area contributed by atoms with E-state index in [9.17, 15) is 4.79 Å². The van der Waals surface area contributed by atoms with Gasteiger partial charge in [0.15, 0.2) is 5.82 Å². The zero-order valence-corrected chi connectivity index (χ0v) is 19.6. The topological polar surface area (TPSA) is 92.7 Å². The van der Waals surface area contributed by atoms with Gasteiger partial charge >= 0.3 is 0 Å². The maximum Gasteiger partial charge on any atom is 0.267 e. The number of methoxy groups -OCH3 is 1. The number of fused-ring (bicyclic) bond motifs is 1. The molecule has 0 bridgehead atoms. The van der Waals surface area contributed by atoms with Gasteiger partial charge in [-0.05, 0) is 50.1 Å². The van der Waals surface area contributed by atoms with E-state index in [2.05, 4.69) is 21.9 Å². The third-order valence-corrected chi connectivity index (χ3v) is 6.40. The van der Waals surface area contributed by atoms with E-state index in [-0.39, 0.29) is 11.6 Å². The predicted octanol–water partition coefficient (Wildman–Crippen LogP) is 3.91. The van der Waals surface area contributed by atoms with Gasteiger partial charge in [0.25, 0.3) is 5.56 Å². The van der Waals surface area contributed by atoms with Crippen molar-refractivity contribution < 1.29 is 4.74 Å². The highest BCUT2D eigenvalue weighted by atomic mass is 16.5. The molecule has 9 heteroatoms. The van der Waals surface area contributed by atoms with Gasteiger partial charge in [0.2, 0.25) is 0 Å². The molecule has 1 fully saturated rings. The van der Waals surface area contributed by atoms with E-state index in [1.165, 1.54) is 23.7 Å². The Morgan fingerprint density at radius 1 is 1.11 bits per heavy atom. The summed E-state index contributed by atoms with van der Waals surface area (Å²) in [6.45, 7) is 2.61. The summed E-state index contributed by atoms with van der Waals surface area (Å²) in [6.07, 6.45) is 11.4. The van der Waals surface area contributed by atoms with Crippen LogP contribution in [0.1, 0.15) is 37.4 Å². The number of pyridine rings is 1. The number of aromatic nitrogens is 7. The van der Waals surface area contributed by atoms with E-state index in [0.29, 0.717) is 40.8 Å². The van der Waals surface area contributed by atoms with Crippen LogP contribution in [0.5, 0.6) is 0 Å². The fourth-order valence-electron chi connectivity index (χ4n) is 4.37. The second-order valence-electron chi connectivity index (χ2n) is 8.94. The highest BCUT2D eigenvalue weighted by Gasteiger charge is 2.25. The van der Waals surface area contributed by atoms with Crippen LogP contribution in [0.15, 0.2) is 72.4 Å². The lowest BCUT2D eigenvalue weighted by Gasteiger charge is -2.15. The molecule has 0 saturated heterocycles. The quantitative estimate of drug-likeness (QED) is 0.360. The first-order chi connectivity index (χ1) is 17.1. The fourth-order valence-corrected chi connectivity index (χ4v) is 4.37. The summed E-state index contributed by atoms with van der Waals surface area (Å²) >= 11 is 0. The SMILES string of the molecule is COCC(C)n1ccnc1-c1cccc(-n2cnc3ccc(-n4cnc(C5CC5)c4)cc3c2=O)n1. The lowest BCUT2D eigenvalue weighted by molar-refractivity contribution is 0.163. The number of imidazole rings is 2. The van der Waals surface area contributed by atoms with E-state index in [0.717, 1.165) is 11.4 Å². The van der Waals surface area contributed by atoms with E-state index >= 15 is 0 Å². The van der Waals surface area contributed by atoms with Crippen LogP contribution in [-0.4, -0.2) is 47.4 Å². The van der Waals surface area contributed by atoms with Gasteiger partial charge in [-0.1, -0.05) is 6.07 Å². The van der Waals surface area contributed by atoms with Crippen LogP contribution in [0.3, 0.4) is 0 Å². The maximum absolute atomic E-state index is 13.5. The molecule has 35 heavy (non-hydrogen) atoms. The fraction of sp³-hybridized carbons (Fsp3) is 0.269. The molecule has 1 atom stereocenters. The predicted molar refractivity (Wildman–Crippen MR) is 132 cm³/mol. The van der Waals surface area contributed by atoms with Gasteiger partial charge in [-0.3, -0.25) is 9.36 Å². The van der Waals surface area contributed by atoms with Gasteiger partial charge in [0.1, 0.15) is 17.8 Å². The molecule has 1 saturated carbocycles. The van der Waals surface area contributed by atoms with Crippen LogP contribution in [0, 0.1) is 0 Å². The van der Waals surface area contributed by atoms with Crippen LogP contribution in [0.25, 0.3) is 33.9 Å². The Morgan fingerprint density at radius 3 is 2.83 bits per heavy atom. The summed E-state index contributed by atoms with van der Waals surface area (Å²) in [5.74, 6) is 1.77. The monoisotopic (exact) mass is 467 g/mol. The number of nitrogens with zero attached hydrogens (tertiary/aromatic N) is 7. The largest absolute Gasteiger partial charge is 0.383 e. The van der Waals surface area contributed by atoms with Crippen molar-refractivity contribution in [2.45, 2.75) is 31.7 Å². The minimum Gasteiger partial charge on any atom is -0.383 e. The van der Waals surface area contributed by atoms with Gasteiger partial charge in [-0.15, -0.1) is 0 Å². The summed E-state index contributed by atoms with van der Waals surface area (Å²) in [4.78, 5) is 31.8. The van der Waals surface area contributed by atoms with Crippen LogP contribution in [0.2, 0.25) is 0 Å². The standard InChI is InChI=1S/C26H25N7O2/c1-17(14-35-2)32-11-10-27-25(32)22-4-3-5-24(30-22)33-16-29-21-9-8-19(12-20(21)26(33)34)31-13-23(28-15-31)18-6-7-18/h3-5,8-13,15-18H,6-7,14H2,1-2H3. The van der Waals surface area contributed by atoms with E-state index in [1.807, 2.05) is 51.9 Å². The smallest absolute Gasteiger partial charge is 0.267 e. The second kappa shape index (κ2) is 8.59. The normalized spacial score (nSPS) is 14.5. The lowest BCUT2D eigenvalue weighted by atomic mass is 10.2. The molecule has 1 unspecified atom stereocenters. The average molecular weight is 468 g/mol. The van der Waals surface area contributed by atoms with Crippen molar-refractivity contribution >= 4 is 10.9 Å². The molecule has 176 valence electrons. The number of hydrogen-bond acceptors (Lipinski definition) is 6. The Morgan fingerprint density at radius 2 is 2.00 bits per heavy atom. The van der Waals surface area contributed by atoms with Crippen molar-refractivity contribution in [3.63, 3.8) is 0 Å². The molecule has 4 aromatic heterocycles.